The molecule has 0 aromatic rings. The van der Waals surface area contributed by atoms with Crippen LogP contribution in [-0.2, 0) is 65.4 Å². The van der Waals surface area contributed by atoms with Crippen LogP contribution in [0.3, 0.4) is 0 Å². The number of hydrogen-bond acceptors (Lipinski definition) is 15. The van der Waals surface area contributed by atoms with Crippen LogP contribution >= 0.6 is 15.6 Å². The van der Waals surface area contributed by atoms with E-state index >= 15 is 0 Å². The predicted octanol–water partition coefficient (Wildman–Crippen LogP) is 26.2. The number of carbonyl (C=O) groups excluding carboxylic acids is 4. The number of phosphoric acid groups is 2. The van der Waals surface area contributed by atoms with Gasteiger partial charge in [-0.1, -0.05) is 408 Å². The van der Waals surface area contributed by atoms with E-state index in [2.05, 4.69) is 41.5 Å². The van der Waals surface area contributed by atoms with E-state index in [1.54, 1.807) is 0 Å². The van der Waals surface area contributed by atoms with Gasteiger partial charge in [-0.15, -0.1) is 0 Å². The number of unbranched alkanes of at least 4 members (excludes halogenated alkanes) is 54. The van der Waals surface area contributed by atoms with Crippen LogP contribution in [0.25, 0.3) is 0 Å². The van der Waals surface area contributed by atoms with Crippen LogP contribution in [0, 0.1) is 11.8 Å². The van der Waals surface area contributed by atoms with Crippen molar-refractivity contribution in [2.75, 3.05) is 39.6 Å². The Balaban J connectivity index is 5.24. The van der Waals surface area contributed by atoms with Gasteiger partial charge < -0.3 is 33.8 Å². The molecule has 19 heteroatoms. The van der Waals surface area contributed by atoms with Gasteiger partial charge in [-0.05, 0) is 37.5 Å². The van der Waals surface area contributed by atoms with Crippen molar-refractivity contribution in [1.82, 2.24) is 0 Å². The van der Waals surface area contributed by atoms with E-state index in [-0.39, 0.29) is 25.7 Å². The van der Waals surface area contributed by atoms with Gasteiger partial charge in [0.1, 0.15) is 19.3 Å². The molecule has 0 spiro atoms. The average molecular weight is 1540 g/mol. The van der Waals surface area contributed by atoms with E-state index in [1.165, 1.54) is 276 Å². The van der Waals surface area contributed by atoms with Crippen LogP contribution in [-0.4, -0.2) is 96.7 Å². The van der Waals surface area contributed by atoms with Gasteiger partial charge in [0.15, 0.2) is 12.2 Å². The fourth-order valence-corrected chi connectivity index (χ4v) is 15.0. The van der Waals surface area contributed by atoms with Crippen molar-refractivity contribution in [3.8, 4) is 0 Å². The molecule has 0 aliphatic rings. The van der Waals surface area contributed by atoms with Crippen LogP contribution < -0.4 is 0 Å². The summed E-state index contributed by atoms with van der Waals surface area (Å²) in [4.78, 5) is 73.2. The zero-order valence-electron chi connectivity index (χ0n) is 69.0. The first-order valence-corrected chi connectivity index (χ1v) is 47.5. The molecule has 0 rings (SSSR count). The van der Waals surface area contributed by atoms with Gasteiger partial charge in [-0.25, -0.2) is 9.13 Å². The summed E-state index contributed by atoms with van der Waals surface area (Å²) in [6.07, 6.45) is 69.4. The van der Waals surface area contributed by atoms with Gasteiger partial charge in [-0.2, -0.15) is 0 Å². The average Bonchev–Trinajstić information content (AvgIpc) is 0.918. The van der Waals surface area contributed by atoms with E-state index in [4.69, 9.17) is 37.0 Å². The molecule has 3 unspecified atom stereocenters. The molecule has 17 nitrogen and oxygen atoms in total. The molecule has 0 heterocycles. The first kappa shape index (κ1) is 103. The van der Waals surface area contributed by atoms with Gasteiger partial charge in [-0.3, -0.25) is 37.3 Å². The summed E-state index contributed by atoms with van der Waals surface area (Å²) < 4.78 is 68.9. The third-order valence-corrected chi connectivity index (χ3v) is 22.5. The maximum absolute atomic E-state index is 13.1. The number of esters is 4. The second-order valence-corrected chi connectivity index (χ2v) is 34.6. The number of rotatable bonds is 85. The van der Waals surface area contributed by atoms with Crippen LogP contribution in [0.1, 0.15) is 459 Å². The van der Waals surface area contributed by atoms with Gasteiger partial charge in [0.25, 0.3) is 0 Å². The van der Waals surface area contributed by atoms with Crippen LogP contribution in [0.4, 0.5) is 0 Å². The summed E-state index contributed by atoms with van der Waals surface area (Å²) in [5.41, 5.74) is 0. The Morgan fingerprint density at radius 3 is 0.724 bits per heavy atom. The zero-order valence-corrected chi connectivity index (χ0v) is 70.8. The van der Waals surface area contributed by atoms with Crippen LogP contribution in [0.15, 0.2) is 0 Å². The standard InChI is InChI=1S/C86H168O17P2/c1-7-10-12-14-16-18-20-22-24-26-27-28-29-30-31-33-35-40-44-52-58-64-70-85(90)102-81(74-96-83(88)68-62-56-50-43-39-34-32-25-23-21-19-17-15-13-11-8-2)76-100-104(92,93)98-72-80(87)73-99-105(94,95)101-77-82(75-97-84(89)69-63-57-51-47-46-49-55-61-67-79(6)9-3)103-86(91)71-65-59-53-45-41-37-36-38-42-48-54-60-66-78(4)5/h78-82,87H,7-77H2,1-6H3,(H,92,93)(H,94,95)/t79?,80-,81-,82-/m1/s1. The second-order valence-electron chi connectivity index (χ2n) is 31.6. The predicted molar refractivity (Wildman–Crippen MR) is 432 cm³/mol. The normalized spacial score (nSPS) is 14.1. The highest BCUT2D eigenvalue weighted by atomic mass is 31.2. The van der Waals surface area contributed by atoms with E-state index in [1.807, 2.05) is 0 Å². The van der Waals surface area contributed by atoms with Crippen LogP contribution in [0.2, 0.25) is 0 Å². The lowest BCUT2D eigenvalue weighted by Crippen LogP contribution is -2.30. The summed E-state index contributed by atoms with van der Waals surface area (Å²) in [5.74, 6) is -0.549. The Morgan fingerprint density at radius 2 is 0.486 bits per heavy atom. The first-order chi connectivity index (χ1) is 50.9. The molecule has 0 radical (unpaired) electrons. The highest BCUT2D eigenvalue weighted by Crippen LogP contribution is 2.45. The minimum atomic E-state index is -4.97. The molecule has 0 aliphatic heterocycles. The lowest BCUT2D eigenvalue weighted by molar-refractivity contribution is -0.161. The largest absolute Gasteiger partial charge is 0.472 e. The Bertz CT molecular complexity index is 2010. The van der Waals surface area contributed by atoms with Crippen molar-refractivity contribution in [3.63, 3.8) is 0 Å². The molecule has 0 saturated heterocycles. The van der Waals surface area contributed by atoms with Crippen LogP contribution in [0.5, 0.6) is 0 Å². The summed E-state index contributed by atoms with van der Waals surface area (Å²) in [5, 5.41) is 10.7. The van der Waals surface area contributed by atoms with Gasteiger partial charge in [0, 0.05) is 25.7 Å². The molecule has 0 amide bonds. The summed E-state index contributed by atoms with van der Waals surface area (Å²) in [6.45, 7) is 9.68. The topological polar surface area (TPSA) is 237 Å². The van der Waals surface area contributed by atoms with Crippen molar-refractivity contribution < 1.29 is 80.2 Å². The molecular formula is C86H168O17P2. The zero-order chi connectivity index (χ0) is 77.1. The van der Waals surface area contributed by atoms with Crippen molar-refractivity contribution in [3.05, 3.63) is 0 Å². The van der Waals surface area contributed by atoms with Crippen molar-refractivity contribution in [2.45, 2.75) is 477 Å². The Labute approximate surface area is 645 Å². The molecule has 0 saturated carbocycles. The fraction of sp³-hybridized carbons (Fsp3) is 0.953. The molecule has 6 atom stereocenters. The molecule has 0 aromatic carbocycles. The molecular weight excluding hydrogens is 1370 g/mol. The molecule has 0 aromatic heterocycles. The molecule has 105 heavy (non-hydrogen) atoms. The minimum absolute atomic E-state index is 0.107. The van der Waals surface area contributed by atoms with E-state index in [0.717, 1.165) is 102 Å². The number of aliphatic hydroxyl groups is 1. The lowest BCUT2D eigenvalue weighted by Gasteiger charge is -2.21. The quantitative estimate of drug-likeness (QED) is 0.0222. The van der Waals surface area contributed by atoms with Gasteiger partial charge in [0.05, 0.1) is 26.4 Å². The highest BCUT2D eigenvalue weighted by Gasteiger charge is 2.30. The van der Waals surface area contributed by atoms with Crippen molar-refractivity contribution in [1.29, 1.82) is 0 Å². The fourth-order valence-electron chi connectivity index (χ4n) is 13.4. The maximum Gasteiger partial charge on any atom is 0.472 e. The molecule has 0 fully saturated rings. The van der Waals surface area contributed by atoms with Crippen molar-refractivity contribution >= 4 is 39.5 Å². The molecule has 0 aliphatic carbocycles. The van der Waals surface area contributed by atoms with Gasteiger partial charge >= 0.3 is 39.5 Å². The smallest absolute Gasteiger partial charge is 0.462 e. The summed E-state index contributed by atoms with van der Waals surface area (Å²) >= 11 is 0. The molecule has 0 bridgehead atoms. The molecule has 3 N–H and O–H groups in total. The minimum Gasteiger partial charge on any atom is -0.462 e. The Morgan fingerprint density at radius 1 is 0.276 bits per heavy atom. The number of carbonyl (C=O) groups is 4. The Hall–Kier alpha value is -1.94. The van der Waals surface area contributed by atoms with Gasteiger partial charge in [0.2, 0.25) is 0 Å². The summed E-state index contributed by atoms with van der Waals surface area (Å²) in [6, 6.07) is 0. The highest BCUT2D eigenvalue weighted by molar-refractivity contribution is 7.47. The molecule has 624 valence electrons. The Kier molecular flexibility index (Phi) is 76.0. The summed E-state index contributed by atoms with van der Waals surface area (Å²) in [7, 11) is -9.93. The first-order valence-electron chi connectivity index (χ1n) is 44.5. The number of aliphatic hydroxyl groups excluding tert-OH is 1. The SMILES string of the molecule is CCCCCCCCCCCCCCCCCCCCCCCCC(=O)O[C@H](COC(=O)CCCCCCCCCCCCCCCCCC)COP(=O)(O)OC[C@@H](O)COP(=O)(O)OC[C@@H](COC(=O)CCCCCCCCCCC(C)CC)OC(=O)CCCCCCCCCCCCCCC(C)C. The lowest BCUT2D eigenvalue weighted by atomic mass is 9.99. The number of ether oxygens (including phenoxy) is 4. The number of hydrogen-bond donors (Lipinski definition) is 3. The third-order valence-electron chi connectivity index (χ3n) is 20.6. The maximum atomic E-state index is 13.1. The van der Waals surface area contributed by atoms with Crippen molar-refractivity contribution in [2.24, 2.45) is 11.8 Å². The van der Waals surface area contributed by atoms with E-state index in [0.29, 0.717) is 25.7 Å². The second kappa shape index (κ2) is 77.4. The van der Waals surface area contributed by atoms with E-state index in [9.17, 15) is 43.2 Å². The monoisotopic (exact) mass is 1540 g/mol. The third kappa shape index (κ3) is 78.5. The van der Waals surface area contributed by atoms with E-state index < -0.39 is 97.5 Å². The number of phosphoric ester groups is 2.